The molecule has 0 bridgehead atoms. The number of nitrogens with zero attached hydrogens (tertiary/aromatic N) is 7. The fraction of sp³-hybridized carbons (Fsp3) is 0.471. The van der Waals surface area contributed by atoms with Crippen LogP contribution in [0.5, 0.6) is 6.01 Å². The molecule has 0 unspecified atom stereocenters. The van der Waals surface area contributed by atoms with E-state index in [1.807, 2.05) is 0 Å². The molecule has 6 rings (SSSR count). The number of ether oxygens (including phenoxy) is 1. The number of nitriles is 1. The van der Waals surface area contributed by atoms with Gasteiger partial charge in [0.25, 0.3) is 0 Å². The molecular formula is C34H44FN7O2. The summed E-state index contributed by atoms with van der Waals surface area (Å²) in [5, 5.41) is 9.84. The third kappa shape index (κ3) is 8.03. The van der Waals surface area contributed by atoms with Crippen LogP contribution in [0.25, 0.3) is 10.8 Å². The van der Waals surface area contributed by atoms with E-state index >= 15 is 0 Å². The van der Waals surface area contributed by atoms with Crippen LogP contribution >= 0.6 is 0 Å². The molecule has 1 aromatic heterocycles. The Morgan fingerprint density at radius 3 is 2.32 bits per heavy atom. The van der Waals surface area contributed by atoms with Gasteiger partial charge in [0.05, 0.1) is 25.4 Å². The van der Waals surface area contributed by atoms with Gasteiger partial charge in [-0.2, -0.15) is 15.2 Å². The number of piperazine rings is 1. The van der Waals surface area contributed by atoms with Crippen LogP contribution in [-0.2, 0) is 17.8 Å². The van der Waals surface area contributed by atoms with Crippen LogP contribution in [0.2, 0.25) is 0 Å². The lowest BCUT2D eigenvalue weighted by molar-refractivity contribution is -0.126. The summed E-state index contributed by atoms with van der Waals surface area (Å²) in [5.74, 6) is 0.748. The first kappa shape index (κ1) is 32.7. The SMILES string of the molecule is CC#N.CN1CCCC1.COc1nc2c(c(N3CCN(C(=O)/C=C/CF)CC3)n1)CCN(c1cccc3cccc(C)c13)C2. The first-order valence-corrected chi connectivity index (χ1v) is 15.3. The second-order valence-corrected chi connectivity index (χ2v) is 11.2. The Morgan fingerprint density at radius 1 is 1.02 bits per heavy atom. The number of amides is 1. The molecule has 10 heteroatoms. The number of anilines is 2. The average Bonchev–Trinajstić information content (AvgIpc) is 3.54. The number of alkyl halides is 1. The number of benzene rings is 2. The van der Waals surface area contributed by atoms with Crippen LogP contribution in [0, 0.1) is 18.3 Å². The van der Waals surface area contributed by atoms with Crippen LogP contribution in [0.4, 0.5) is 15.9 Å². The van der Waals surface area contributed by atoms with Gasteiger partial charge in [0.2, 0.25) is 5.91 Å². The van der Waals surface area contributed by atoms with Crippen molar-refractivity contribution in [2.24, 2.45) is 0 Å². The third-order valence-corrected chi connectivity index (χ3v) is 8.21. The maximum absolute atomic E-state index is 12.4. The van der Waals surface area contributed by atoms with Crippen molar-refractivity contribution >= 4 is 28.2 Å². The smallest absolute Gasteiger partial charge is 0.318 e. The van der Waals surface area contributed by atoms with Crippen molar-refractivity contribution in [1.82, 2.24) is 19.8 Å². The summed E-state index contributed by atoms with van der Waals surface area (Å²) in [6.45, 7) is 9.60. The van der Waals surface area contributed by atoms with Gasteiger partial charge in [0, 0.05) is 62.4 Å². The highest BCUT2D eigenvalue weighted by molar-refractivity contribution is 5.97. The Balaban J connectivity index is 0.000000427. The molecular weight excluding hydrogens is 557 g/mol. The maximum atomic E-state index is 12.4. The number of carbonyl (C=O) groups excluding carboxylic acids is 1. The molecule has 2 fully saturated rings. The Bertz CT molecular complexity index is 1470. The highest BCUT2D eigenvalue weighted by atomic mass is 19.1. The fourth-order valence-electron chi connectivity index (χ4n) is 5.98. The van der Waals surface area contributed by atoms with E-state index in [1.165, 1.54) is 67.0 Å². The zero-order valence-corrected chi connectivity index (χ0v) is 26.4. The van der Waals surface area contributed by atoms with Crippen molar-refractivity contribution in [3.05, 3.63) is 65.4 Å². The predicted octanol–water partition coefficient (Wildman–Crippen LogP) is 4.93. The number of likely N-dealkylation sites (tertiary alicyclic amines) is 1. The largest absolute Gasteiger partial charge is 0.467 e. The quantitative estimate of drug-likeness (QED) is 0.381. The minimum absolute atomic E-state index is 0.148. The number of hydrogen-bond donors (Lipinski definition) is 0. The van der Waals surface area contributed by atoms with Crippen LogP contribution in [0.3, 0.4) is 0 Å². The van der Waals surface area contributed by atoms with E-state index in [9.17, 15) is 9.18 Å². The van der Waals surface area contributed by atoms with Crippen LogP contribution in [-0.4, -0.2) is 92.3 Å². The average molecular weight is 602 g/mol. The van der Waals surface area contributed by atoms with Gasteiger partial charge >= 0.3 is 6.01 Å². The van der Waals surface area contributed by atoms with Crippen molar-refractivity contribution in [2.45, 2.75) is 39.7 Å². The van der Waals surface area contributed by atoms with Gasteiger partial charge in [-0.15, -0.1) is 0 Å². The molecule has 3 aliphatic heterocycles. The molecule has 0 atom stereocenters. The number of aromatic nitrogens is 2. The molecule has 3 aromatic rings. The Kier molecular flexibility index (Phi) is 11.9. The first-order valence-electron chi connectivity index (χ1n) is 15.3. The zero-order chi connectivity index (χ0) is 31.5. The summed E-state index contributed by atoms with van der Waals surface area (Å²) >= 11 is 0. The zero-order valence-electron chi connectivity index (χ0n) is 26.4. The lowest BCUT2D eigenvalue weighted by Crippen LogP contribution is -2.49. The second kappa shape index (κ2) is 16.0. The van der Waals surface area contributed by atoms with Gasteiger partial charge < -0.3 is 24.3 Å². The molecule has 3 aliphatic rings. The van der Waals surface area contributed by atoms with Gasteiger partial charge in [-0.1, -0.05) is 30.3 Å². The number of rotatable bonds is 5. The number of fused-ring (bicyclic) bond motifs is 2. The Hall–Kier alpha value is -4.23. The van der Waals surface area contributed by atoms with Gasteiger partial charge in [0.15, 0.2) is 0 Å². The van der Waals surface area contributed by atoms with Crippen LogP contribution in [0.15, 0.2) is 48.6 Å². The van der Waals surface area contributed by atoms with Crippen molar-refractivity contribution in [1.29, 1.82) is 5.26 Å². The molecule has 1 amide bonds. The predicted molar refractivity (Wildman–Crippen MR) is 174 cm³/mol. The summed E-state index contributed by atoms with van der Waals surface area (Å²) in [5.41, 5.74) is 4.61. The molecule has 0 N–H and O–H groups in total. The Morgan fingerprint density at radius 2 is 1.70 bits per heavy atom. The molecule has 234 valence electrons. The summed E-state index contributed by atoms with van der Waals surface area (Å²) in [6.07, 6.45) is 6.22. The lowest BCUT2D eigenvalue weighted by Gasteiger charge is -2.38. The minimum Gasteiger partial charge on any atom is -0.467 e. The van der Waals surface area contributed by atoms with E-state index in [1.54, 1.807) is 18.1 Å². The summed E-state index contributed by atoms with van der Waals surface area (Å²) in [7, 11) is 3.76. The molecule has 9 nitrogen and oxygen atoms in total. The minimum atomic E-state index is -0.631. The second-order valence-electron chi connectivity index (χ2n) is 11.2. The van der Waals surface area contributed by atoms with Crippen LogP contribution < -0.4 is 14.5 Å². The monoisotopic (exact) mass is 601 g/mol. The number of allylic oxidation sites excluding steroid dienone is 1. The number of methoxy groups -OCH3 is 1. The third-order valence-electron chi connectivity index (χ3n) is 8.21. The summed E-state index contributed by atoms with van der Waals surface area (Å²) in [6, 6.07) is 15.0. The summed E-state index contributed by atoms with van der Waals surface area (Å²) < 4.78 is 17.8. The molecule has 2 saturated heterocycles. The first-order chi connectivity index (χ1) is 21.4. The number of hydrogen-bond acceptors (Lipinski definition) is 8. The molecule has 0 saturated carbocycles. The van der Waals surface area contributed by atoms with Gasteiger partial charge in [-0.05, 0) is 69.4 Å². The van der Waals surface area contributed by atoms with Gasteiger partial charge in [-0.25, -0.2) is 4.39 Å². The normalized spacial score (nSPS) is 16.5. The molecule has 2 aromatic carbocycles. The van der Waals surface area contributed by atoms with E-state index in [0.717, 1.165) is 30.0 Å². The van der Waals surface area contributed by atoms with Crippen molar-refractivity contribution in [3.63, 3.8) is 0 Å². The van der Waals surface area contributed by atoms with E-state index in [2.05, 4.69) is 65.1 Å². The van der Waals surface area contributed by atoms with E-state index in [0.29, 0.717) is 38.7 Å². The van der Waals surface area contributed by atoms with Gasteiger partial charge in [0.1, 0.15) is 12.5 Å². The van der Waals surface area contributed by atoms with Crippen molar-refractivity contribution < 1.29 is 13.9 Å². The number of aryl methyl sites for hydroxylation is 1. The highest BCUT2D eigenvalue weighted by Crippen LogP contribution is 2.35. The van der Waals surface area contributed by atoms with Crippen LogP contribution in [0.1, 0.15) is 36.6 Å². The summed E-state index contributed by atoms with van der Waals surface area (Å²) in [4.78, 5) is 30.4. The van der Waals surface area contributed by atoms with Crippen molar-refractivity contribution in [3.8, 4) is 12.1 Å². The Labute approximate surface area is 260 Å². The molecule has 4 heterocycles. The molecule has 0 aliphatic carbocycles. The van der Waals surface area contributed by atoms with E-state index in [-0.39, 0.29) is 5.91 Å². The highest BCUT2D eigenvalue weighted by Gasteiger charge is 2.29. The van der Waals surface area contributed by atoms with E-state index < -0.39 is 6.67 Å². The van der Waals surface area contributed by atoms with Gasteiger partial charge in [-0.3, -0.25) is 4.79 Å². The molecule has 44 heavy (non-hydrogen) atoms. The fourth-order valence-corrected chi connectivity index (χ4v) is 5.98. The molecule has 0 spiro atoms. The number of carbonyl (C=O) groups is 1. The maximum Gasteiger partial charge on any atom is 0.318 e. The standard InChI is InChI=1S/C27H30FN5O2.C5H11N.C2H3N/c1-19-6-3-7-20-8-4-9-23(25(19)20)33-13-11-21-22(18-33)29-27(35-2)30-26(21)32-16-14-31(15-17-32)24(34)10-5-12-28;1-6-4-2-3-5-6;1-2-3/h3-10H,11-18H2,1-2H3;2-5H2,1H3;1H3/b10-5+;;. The van der Waals surface area contributed by atoms with E-state index in [4.69, 9.17) is 20.0 Å². The molecule has 0 radical (unpaired) electrons. The lowest BCUT2D eigenvalue weighted by atomic mass is 9.99. The topological polar surface area (TPSA) is 88.8 Å². The van der Waals surface area contributed by atoms with Crippen molar-refractivity contribution in [2.75, 3.05) is 76.4 Å². The number of halogens is 1.